The number of hydrogen-bond donors (Lipinski definition) is 0. The van der Waals surface area contributed by atoms with Crippen LogP contribution in [0.4, 0.5) is 0 Å². The zero-order valence-electron chi connectivity index (χ0n) is 11.9. The minimum Gasteiger partial charge on any atom is -0.341 e. The highest BCUT2D eigenvalue weighted by molar-refractivity contribution is 5.97. The average molecular weight is 286 g/mol. The van der Waals surface area contributed by atoms with E-state index in [0.29, 0.717) is 6.54 Å². The molecule has 0 atom stereocenters. The Balaban J connectivity index is 1.77. The lowest BCUT2D eigenvalue weighted by molar-refractivity contribution is 0.112. The zero-order valence-corrected chi connectivity index (χ0v) is 11.9. The van der Waals surface area contributed by atoms with Gasteiger partial charge in [0.2, 0.25) is 0 Å². The van der Waals surface area contributed by atoms with Crippen molar-refractivity contribution in [3.05, 3.63) is 78.1 Å². The van der Waals surface area contributed by atoms with Gasteiger partial charge in [0.25, 0.3) is 0 Å². The first-order valence-electron chi connectivity index (χ1n) is 7.23. The van der Waals surface area contributed by atoms with Crippen molar-refractivity contribution in [3.63, 3.8) is 0 Å². The van der Waals surface area contributed by atoms with E-state index in [1.54, 1.807) is 0 Å². The van der Waals surface area contributed by atoms with E-state index in [4.69, 9.17) is 4.98 Å². The largest absolute Gasteiger partial charge is 0.341 e. The summed E-state index contributed by atoms with van der Waals surface area (Å²) in [6, 6.07) is 20.0. The fraction of sp³-hybridized carbons (Fsp3) is 0.0526. The molecule has 0 radical (unpaired) electrons. The van der Waals surface area contributed by atoms with E-state index < -0.39 is 0 Å². The van der Waals surface area contributed by atoms with Crippen LogP contribution < -0.4 is 0 Å². The van der Waals surface area contributed by atoms with E-state index in [1.165, 1.54) is 0 Å². The average Bonchev–Trinajstić information content (AvgIpc) is 2.98. The van der Waals surface area contributed by atoms with Gasteiger partial charge in [-0.1, -0.05) is 36.4 Å². The van der Waals surface area contributed by atoms with Crippen molar-refractivity contribution in [3.8, 4) is 0 Å². The minimum atomic E-state index is 0.691. The predicted octanol–water partition coefficient (Wildman–Crippen LogP) is 4.05. The van der Waals surface area contributed by atoms with Crippen LogP contribution in [0, 0.1) is 0 Å². The Morgan fingerprint density at radius 3 is 2.77 bits per heavy atom. The number of carbonyl (C=O) groups is 1. The lowest BCUT2D eigenvalue weighted by atomic mass is 10.1. The summed E-state index contributed by atoms with van der Waals surface area (Å²) in [5, 5.41) is 2.13. The molecule has 0 spiro atoms. The number of nitrogens with zero attached hydrogens (tertiary/aromatic N) is 2. The molecule has 0 aliphatic rings. The minimum absolute atomic E-state index is 0.691. The third-order valence-electron chi connectivity index (χ3n) is 3.96. The lowest BCUT2D eigenvalue weighted by Gasteiger charge is -2.07. The van der Waals surface area contributed by atoms with Gasteiger partial charge in [0.1, 0.15) is 0 Å². The van der Waals surface area contributed by atoms with Crippen molar-refractivity contribution < 1.29 is 4.79 Å². The molecule has 22 heavy (non-hydrogen) atoms. The van der Waals surface area contributed by atoms with Crippen LogP contribution in [0.2, 0.25) is 0 Å². The van der Waals surface area contributed by atoms with Crippen molar-refractivity contribution >= 4 is 28.1 Å². The highest BCUT2D eigenvalue weighted by atomic mass is 16.1. The normalized spacial score (nSPS) is 11.1. The van der Waals surface area contributed by atoms with Gasteiger partial charge in [0.05, 0.1) is 17.8 Å². The van der Waals surface area contributed by atoms with Crippen LogP contribution in [0.1, 0.15) is 16.1 Å². The van der Waals surface area contributed by atoms with E-state index in [-0.39, 0.29) is 0 Å². The lowest BCUT2D eigenvalue weighted by Crippen LogP contribution is -2.00. The Kier molecular flexibility index (Phi) is 2.97. The molecule has 0 saturated heterocycles. The summed E-state index contributed by atoms with van der Waals surface area (Å²) in [7, 11) is 0. The first-order valence-corrected chi connectivity index (χ1v) is 7.23. The second-order valence-electron chi connectivity index (χ2n) is 5.34. The van der Waals surface area contributed by atoms with E-state index in [1.807, 2.05) is 48.7 Å². The molecule has 0 bridgehead atoms. The Labute approximate surface area is 127 Å². The second-order valence-corrected chi connectivity index (χ2v) is 5.34. The third-order valence-corrected chi connectivity index (χ3v) is 3.96. The van der Waals surface area contributed by atoms with E-state index in [2.05, 4.69) is 22.8 Å². The molecule has 3 heteroatoms. The first kappa shape index (κ1) is 12.8. The number of fused-ring (bicyclic) bond motifs is 2. The molecular weight excluding hydrogens is 272 g/mol. The van der Waals surface area contributed by atoms with E-state index in [0.717, 1.165) is 39.3 Å². The van der Waals surface area contributed by atoms with Crippen LogP contribution in [0.5, 0.6) is 0 Å². The Morgan fingerprint density at radius 2 is 1.86 bits per heavy atom. The number of rotatable bonds is 3. The predicted molar refractivity (Wildman–Crippen MR) is 88.2 cm³/mol. The first-order chi connectivity index (χ1) is 10.8. The number of benzene rings is 2. The van der Waals surface area contributed by atoms with Gasteiger partial charge in [-0.25, -0.2) is 0 Å². The summed E-state index contributed by atoms with van der Waals surface area (Å²) >= 11 is 0. The molecule has 0 unspecified atom stereocenters. The molecule has 4 rings (SSSR count). The molecule has 0 amide bonds. The number of carbonyl (C=O) groups excluding carboxylic acids is 1. The van der Waals surface area contributed by atoms with E-state index in [9.17, 15) is 4.79 Å². The molecule has 2 aromatic heterocycles. The number of aldehydes is 1. The van der Waals surface area contributed by atoms with E-state index >= 15 is 0 Å². The molecule has 3 nitrogen and oxygen atoms in total. The standard InChI is InChI=1S/C19H14N2O/c22-13-15-5-3-7-19-17(15)10-11-21(19)12-16-9-8-14-4-1-2-6-18(14)20-16/h1-11,13H,12H2. The van der Waals surface area contributed by atoms with Gasteiger partial charge < -0.3 is 4.57 Å². The fourth-order valence-electron chi connectivity index (χ4n) is 2.86. The maximum Gasteiger partial charge on any atom is 0.150 e. The van der Waals surface area contributed by atoms with Gasteiger partial charge in [-0.15, -0.1) is 0 Å². The molecular formula is C19H14N2O. The van der Waals surface area contributed by atoms with Crippen LogP contribution in [0.15, 0.2) is 66.9 Å². The van der Waals surface area contributed by atoms with Gasteiger partial charge in [-0.2, -0.15) is 0 Å². The smallest absolute Gasteiger partial charge is 0.150 e. The van der Waals surface area contributed by atoms with Crippen molar-refractivity contribution in [1.29, 1.82) is 0 Å². The van der Waals surface area contributed by atoms with Crippen molar-refractivity contribution in [1.82, 2.24) is 9.55 Å². The maximum atomic E-state index is 11.1. The third kappa shape index (κ3) is 2.07. The zero-order chi connectivity index (χ0) is 14.9. The molecule has 0 aliphatic heterocycles. The summed E-state index contributed by atoms with van der Waals surface area (Å²) in [6.45, 7) is 0.691. The topological polar surface area (TPSA) is 34.9 Å². The summed E-state index contributed by atoms with van der Waals surface area (Å²) < 4.78 is 2.12. The summed E-state index contributed by atoms with van der Waals surface area (Å²) in [4.78, 5) is 15.8. The highest BCUT2D eigenvalue weighted by Crippen LogP contribution is 2.20. The van der Waals surface area contributed by atoms with Crippen LogP contribution in [-0.4, -0.2) is 15.8 Å². The van der Waals surface area contributed by atoms with Gasteiger partial charge in [-0.3, -0.25) is 9.78 Å². The quantitative estimate of drug-likeness (QED) is 0.532. The fourth-order valence-corrected chi connectivity index (χ4v) is 2.86. The van der Waals surface area contributed by atoms with Gasteiger partial charge in [0, 0.05) is 28.0 Å². The Morgan fingerprint density at radius 1 is 0.955 bits per heavy atom. The number of aromatic nitrogens is 2. The van der Waals surface area contributed by atoms with Crippen molar-refractivity contribution in [2.75, 3.05) is 0 Å². The molecule has 2 heterocycles. The van der Waals surface area contributed by atoms with Gasteiger partial charge >= 0.3 is 0 Å². The number of para-hydroxylation sites is 1. The van der Waals surface area contributed by atoms with Crippen molar-refractivity contribution in [2.24, 2.45) is 0 Å². The molecule has 0 N–H and O–H groups in total. The van der Waals surface area contributed by atoms with Crippen molar-refractivity contribution in [2.45, 2.75) is 6.54 Å². The maximum absolute atomic E-state index is 11.1. The molecule has 0 aliphatic carbocycles. The summed E-state index contributed by atoms with van der Waals surface area (Å²) in [5.74, 6) is 0. The molecule has 0 saturated carbocycles. The second kappa shape index (κ2) is 5.11. The van der Waals surface area contributed by atoms with Gasteiger partial charge in [-0.05, 0) is 24.3 Å². The Hall–Kier alpha value is -2.94. The summed E-state index contributed by atoms with van der Waals surface area (Å²) in [5.41, 5.74) is 3.79. The monoisotopic (exact) mass is 286 g/mol. The number of pyridine rings is 1. The molecule has 2 aromatic carbocycles. The van der Waals surface area contributed by atoms with Crippen LogP contribution in [0.25, 0.3) is 21.8 Å². The molecule has 0 fully saturated rings. The number of hydrogen-bond acceptors (Lipinski definition) is 2. The SMILES string of the molecule is O=Cc1cccc2c1ccn2Cc1ccc2ccccc2n1. The van der Waals surface area contributed by atoms with Crippen LogP contribution in [-0.2, 0) is 6.54 Å². The molecule has 106 valence electrons. The van der Waals surface area contributed by atoms with Gasteiger partial charge in [0.15, 0.2) is 6.29 Å². The Bertz CT molecular complexity index is 985. The highest BCUT2D eigenvalue weighted by Gasteiger charge is 2.06. The van der Waals surface area contributed by atoms with Crippen LogP contribution in [0.3, 0.4) is 0 Å². The molecule has 4 aromatic rings. The van der Waals surface area contributed by atoms with Crippen LogP contribution >= 0.6 is 0 Å². The summed E-state index contributed by atoms with van der Waals surface area (Å²) in [6.07, 6.45) is 2.91.